The van der Waals surface area contributed by atoms with Crippen LogP contribution in [0.2, 0.25) is 0 Å². The molecule has 0 bridgehead atoms. The molecule has 24 heavy (non-hydrogen) atoms. The van der Waals surface area contributed by atoms with Crippen LogP contribution in [0.25, 0.3) is 10.9 Å². The lowest BCUT2D eigenvalue weighted by molar-refractivity contribution is -0.0431. The molecule has 5 heteroatoms. The molecule has 3 heterocycles. The molecule has 2 aromatic rings. The van der Waals surface area contributed by atoms with Crippen LogP contribution in [0.1, 0.15) is 36.0 Å². The number of nitrogens with zero attached hydrogens (tertiary/aromatic N) is 2. The van der Waals surface area contributed by atoms with Crippen LogP contribution in [-0.2, 0) is 0 Å². The number of aromatic nitrogens is 1. The van der Waals surface area contributed by atoms with Crippen molar-refractivity contribution < 1.29 is 9.90 Å². The largest absolute Gasteiger partial charge is 0.387 e. The monoisotopic (exact) mass is 327 g/mol. The van der Waals surface area contributed by atoms with E-state index in [4.69, 9.17) is 0 Å². The number of carbonyl (C=O) groups excluding carboxylic acids is 1. The van der Waals surface area contributed by atoms with Crippen LogP contribution in [-0.4, -0.2) is 64.1 Å². The summed E-state index contributed by atoms with van der Waals surface area (Å²) in [5.74, 6) is 0.0256. The summed E-state index contributed by atoms with van der Waals surface area (Å²) in [5, 5.41) is 12.0. The van der Waals surface area contributed by atoms with E-state index in [0.29, 0.717) is 18.7 Å². The number of nitrogens with one attached hydrogen (secondary N) is 1. The van der Waals surface area contributed by atoms with E-state index in [9.17, 15) is 9.90 Å². The number of hydrogen-bond donors (Lipinski definition) is 2. The molecule has 0 aliphatic carbocycles. The second-order valence-electron chi connectivity index (χ2n) is 7.32. The van der Waals surface area contributed by atoms with Gasteiger partial charge in [-0.2, -0.15) is 0 Å². The Kier molecular flexibility index (Phi) is 4.06. The molecule has 0 saturated carbocycles. The minimum Gasteiger partial charge on any atom is -0.387 e. The second kappa shape index (κ2) is 6.22. The van der Waals surface area contributed by atoms with Crippen LogP contribution in [0, 0.1) is 0 Å². The van der Waals surface area contributed by atoms with Crippen LogP contribution in [0.15, 0.2) is 30.5 Å². The fraction of sp³-hybridized carbons (Fsp3) is 0.526. The van der Waals surface area contributed by atoms with Gasteiger partial charge in [0.2, 0.25) is 0 Å². The van der Waals surface area contributed by atoms with Gasteiger partial charge in [0.1, 0.15) is 0 Å². The minimum absolute atomic E-state index is 0.0256. The van der Waals surface area contributed by atoms with Crippen LogP contribution in [0.3, 0.4) is 0 Å². The summed E-state index contributed by atoms with van der Waals surface area (Å²) in [4.78, 5) is 20.2. The quantitative estimate of drug-likeness (QED) is 0.909. The van der Waals surface area contributed by atoms with E-state index in [0.717, 1.165) is 43.4 Å². The SMILES string of the molecule is O=C(c1ccc2[nH]ccc2c1)N1CCCC(O)(CN2CCCC2)C1. The van der Waals surface area contributed by atoms with Crippen molar-refractivity contribution in [1.82, 2.24) is 14.8 Å². The summed E-state index contributed by atoms with van der Waals surface area (Å²) in [6.07, 6.45) is 5.96. The molecule has 4 rings (SSSR count). The number of hydrogen-bond acceptors (Lipinski definition) is 3. The number of carbonyl (C=O) groups is 1. The lowest BCUT2D eigenvalue weighted by Gasteiger charge is -2.41. The zero-order chi connectivity index (χ0) is 16.6. The van der Waals surface area contributed by atoms with Crippen molar-refractivity contribution >= 4 is 16.8 Å². The van der Waals surface area contributed by atoms with E-state index in [2.05, 4.69) is 9.88 Å². The maximum Gasteiger partial charge on any atom is 0.253 e. The summed E-state index contributed by atoms with van der Waals surface area (Å²) >= 11 is 0. The molecule has 2 aliphatic heterocycles. The molecule has 2 saturated heterocycles. The smallest absolute Gasteiger partial charge is 0.253 e. The number of rotatable bonds is 3. The highest BCUT2D eigenvalue weighted by molar-refractivity contribution is 5.98. The molecule has 5 nitrogen and oxygen atoms in total. The summed E-state index contributed by atoms with van der Waals surface area (Å²) in [6.45, 7) is 3.99. The molecule has 1 amide bonds. The normalized spacial score (nSPS) is 25.5. The Balaban J connectivity index is 1.49. The average Bonchev–Trinajstić information content (AvgIpc) is 3.24. The van der Waals surface area contributed by atoms with Crippen LogP contribution in [0.5, 0.6) is 0 Å². The third-order valence-electron chi connectivity index (χ3n) is 5.36. The maximum absolute atomic E-state index is 12.9. The van der Waals surface area contributed by atoms with Gasteiger partial charge in [-0.1, -0.05) is 0 Å². The number of β-amino-alcohol motifs (C(OH)–C–C–N with tert-alkyl or cyclic N) is 1. The number of fused-ring (bicyclic) bond motifs is 1. The van der Waals surface area contributed by atoms with E-state index in [1.165, 1.54) is 12.8 Å². The third kappa shape index (κ3) is 3.06. The standard InChI is InChI=1S/C19H25N3O2/c23-18(16-4-5-17-15(12-16)6-8-20-17)22-11-3-7-19(24,14-22)13-21-9-1-2-10-21/h4-6,8,12,20,24H,1-3,7,9-11,13-14H2. The predicted molar refractivity (Wildman–Crippen MR) is 94.1 cm³/mol. The number of benzene rings is 1. The molecule has 2 aliphatic rings. The van der Waals surface area contributed by atoms with Crippen LogP contribution >= 0.6 is 0 Å². The maximum atomic E-state index is 12.9. The second-order valence-corrected chi connectivity index (χ2v) is 7.32. The number of amides is 1. The van der Waals surface area contributed by atoms with Crippen LogP contribution < -0.4 is 0 Å². The topological polar surface area (TPSA) is 59.6 Å². The number of H-pyrrole nitrogens is 1. The Bertz CT molecular complexity index is 735. The molecule has 1 aromatic carbocycles. The van der Waals surface area contributed by atoms with Gasteiger partial charge in [-0.25, -0.2) is 0 Å². The first-order chi connectivity index (χ1) is 11.6. The molecule has 1 atom stereocenters. The minimum atomic E-state index is -0.767. The fourth-order valence-electron chi connectivity index (χ4n) is 4.14. The van der Waals surface area contributed by atoms with Crippen molar-refractivity contribution in [2.75, 3.05) is 32.7 Å². The van der Waals surface area contributed by atoms with Gasteiger partial charge < -0.3 is 19.9 Å². The summed E-state index contributed by atoms with van der Waals surface area (Å²) in [5.41, 5.74) is 0.972. The first-order valence-corrected chi connectivity index (χ1v) is 8.94. The summed E-state index contributed by atoms with van der Waals surface area (Å²) < 4.78 is 0. The summed E-state index contributed by atoms with van der Waals surface area (Å²) in [6, 6.07) is 7.73. The first-order valence-electron chi connectivity index (χ1n) is 8.94. The van der Waals surface area contributed by atoms with Gasteiger partial charge in [-0.15, -0.1) is 0 Å². The van der Waals surface area contributed by atoms with E-state index in [-0.39, 0.29) is 5.91 Å². The van der Waals surface area contributed by atoms with Gasteiger partial charge in [0.05, 0.1) is 12.1 Å². The Labute approximate surface area is 142 Å². The lowest BCUT2D eigenvalue weighted by atomic mass is 9.91. The van der Waals surface area contributed by atoms with E-state index >= 15 is 0 Å². The lowest BCUT2D eigenvalue weighted by Crippen LogP contribution is -2.55. The van der Waals surface area contributed by atoms with Gasteiger partial charge in [-0.3, -0.25) is 4.79 Å². The Morgan fingerprint density at radius 3 is 2.83 bits per heavy atom. The fourth-order valence-corrected chi connectivity index (χ4v) is 4.14. The number of piperidine rings is 1. The zero-order valence-electron chi connectivity index (χ0n) is 14.0. The molecule has 1 aromatic heterocycles. The Morgan fingerprint density at radius 2 is 2.00 bits per heavy atom. The number of aromatic amines is 1. The summed E-state index contributed by atoms with van der Waals surface area (Å²) in [7, 11) is 0. The van der Waals surface area contributed by atoms with E-state index in [1.807, 2.05) is 35.4 Å². The van der Waals surface area contributed by atoms with Crippen molar-refractivity contribution in [3.8, 4) is 0 Å². The van der Waals surface area contributed by atoms with Gasteiger partial charge in [0, 0.05) is 35.8 Å². The molecular weight excluding hydrogens is 302 g/mol. The van der Waals surface area contributed by atoms with Crippen LogP contribution in [0.4, 0.5) is 0 Å². The Morgan fingerprint density at radius 1 is 1.17 bits per heavy atom. The van der Waals surface area contributed by atoms with Crippen molar-refractivity contribution in [3.05, 3.63) is 36.0 Å². The highest BCUT2D eigenvalue weighted by atomic mass is 16.3. The van der Waals surface area contributed by atoms with Gasteiger partial charge in [0.15, 0.2) is 0 Å². The Hall–Kier alpha value is -1.85. The van der Waals surface area contributed by atoms with Crippen molar-refractivity contribution in [2.24, 2.45) is 0 Å². The van der Waals surface area contributed by atoms with E-state index < -0.39 is 5.60 Å². The third-order valence-corrected chi connectivity index (χ3v) is 5.36. The van der Waals surface area contributed by atoms with Crippen molar-refractivity contribution in [1.29, 1.82) is 0 Å². The molecule has 1 unspecified atom stereocenters. The van der Waals surface area contributed by atoms with E-state index in [1.54, 1.807) is 0 Å². The molecule has 0 spiro atoms. The average molecular weight is 327 g/mol. The molecule has 128 valence electrons. The molecular formula is C19H25N3O2. The van der Waals surface area contributed by atoms with Gasteiger partial charge in [0.25, 0.3) is 5.91 Å². The zero-order valence-corrected chi connectivity index (χ0v) is 14.0. The van der Waals surface area contributed by atoms with Crippen molar-refractivity contribution in [2.45, 2.75) is 31.3 Å². The first kappa shape index (κ1) is 15.7. The van der Waals surface area contributed by atoms with Crippen molar-refractivity contribution in [3.63, 3.8) is 0 Å². The molecule has 0 radical (unpaired) electrons. The predicted octanol–water partition coefficient (Wildman–Crippen LogP) is 2.23. The number of likely N-dealkylation sites (tertiary alicyclic amines) is 2. The highest BCUT2D eigenvalue weighted by Crippen LogP contribution is 2.26. The number of aliphatic hydroxyl groups is 1. The highest BCUT2D eigenvalue weighted by Gasteiger charge is 2.37. The molecule has 2 fully saturated rings. The van der Waals surface area contributed by atoms with Gasteiger partial charge in [-0.05, 0) is 63.0 Å². The van der Waals surface area contributed by atoms with Gasteiger partial charge >= 0.3 is 0 Å². The molecule has 2 N–H and O–H groups in total.